The maximum Gasteiger partial charge on any atom is 0.153 e. The number of azo groups is 1. The van der Waals surface area contributed by atoms with Gasteiger partial charge in [0, 0.05) is 24.8 Å². The molecule has 0 aliphatic carbocycles. The first-order chi connectivity index (χ1) is 11.8. The lowest BCUT2D eigenvalue weighted by Crippen LogP contribution is -2.40. The Morgan fingerprint density at radius 2 is 1.72 bits per heavy atom. The van der Waals surface area contributed by atoms with E-state index in [1.807, 2.05) is 29.2 Å². The van der Waals surface area contributed by atoms with Gasteiger partial charge in [-0.25, -0.2) is 8.42 Å². The van der Waals surface area contributed by atoms with Crippen molar-refractivity contribution in [1.82, 2.24) is 0 Å². The van der Waals surface area contributed by atoms with Crippen LogP contribution < -0.4 is 10.6 Å². The zero-order chi connectivity index (χ0) is 18.0. The van der Waals surface area contributed by atoms with Crippen LogP contribution >= 0.6 is 0 Å². The Morgan fingerprint density at radius 3 is 2.36 bits per heavy atom. The van der Waals surface area contributed by atoms with Gasteiger partial charge in [-0.2, -0.15) is 5.11 Å². The van der Waals surface area contributed by atoms with Crippen LogP contribution in [-0.2, 0) is 9.84 Å². The molecule has 7 nitrogen and oxygen atoms in total. The van der Waals surface area contributed by atoms with E-state index >= 15 is 0 Å². The zero-order valence-electron chi connectivity index (χ0n) is 13.9. The van der Waals surface area contributed by atoms with Crippen LogP contribution in [0.4, 0.5) is 22.7 Å². The highest BCUT2D eigenvalue weighted by molar-refractivity contribution is 7.91. The minimum Gasteiger partial charge on any atom is -0.508 e. The third-order valence-electron chi connectivity index (χ3n) is 4.18. The number of nitrogens with zero attached hydrogens (tertiary/aromatic N) is 3. The summed E-state index contributed by atoms with van der Waals surface area (Å²) in [6, 6.07) is 10.6. The summed E-state index contributed by atoms with van der Waals surface area (Å²) in [5.74, 6) is 0.506. The summed E-state index contributed by atoms with van der Waals surface area (Å²) in [5, 5.41) is 17.9. The molecule has 1 aliphatic heterocycles. The lowest BCUT2D eigenvalue weighted by Gasteiger charge is -2.28. The van der Waals surface area contributed by atoms with Crippen LogP contribution in [0.2, 0.25) is 0 Å². The van der Waals surface area contributed by atoms with E-state index in [9.17, 15) is 13.5 Å². The van der Waals surface area contributed by atoms with E-state index in [1.165, 1.54) is 6.07 Å². The quantitative estimate of drug-likeness (QED) is 0.646. The van der Waals surface area contributed by atoms with Crippen molar-refractivity contribution in [3.05, 3.63) is 42.0 Å². The average molecular weight is 360 g/mol. The molecule has 132 valence electrons. The van der Waals surface area contributed by atoms with E-state index in [0.717, 1.165) is 5.69 Å². The van der Waals surface area contributed by atoms with E-state index in [1.54, 1.807) is 13.0 Å². The molecular formula is C17H20N4O3S. The minimum atomic E-state index is -2.89. The van der Waals surface area contributed by atoms with Gasteiger partial charge in [-0.1, -0.05) is 0 Å². The number of nitrogens with two attached hydrogens (primary N) is 1. The summed E-state index contributed by atoms with van der Waals surface area (Å²) in [7, 11) is -2.89. The van der Waals surface area contributed by atoms with Crippen molar-refractivity contribution in [3.8, 4) is 5.75 Å². The molecule has 3 N–H and O–H groups in total. The molecule has 0 spiro atoms. The number of benzene rings is 2. The molecule has 2 aromatic rings. The van der Waals surface area contributed by atoms with Crippen LogP contribution in [-0.4, -0.2) is 38.1 Å². The molecule has 0 bridgehead atoms. The number of hydrogen-bond donors (Lipinski definition) is 2. The summed E-state index contributed by atoms with van der Waals surface area (Å²) in [6.07, 6.45) is 0. The molecule has 0 atom stereocenters. The van der Waals surface area contributed by atoms with Crippen molar-refractivity contribution in [3.63, 3.8) is 0 Å². The number of hydrogen-bond acceptors (Lipinski definition) is 7. The van der Waals surface area contributed by atoms with Crippen LogP contribution in [0, 0.1) is 6.92 Å². The van der Waals surface area contributed by atoms with Gasteiger partial charge in [0.05, 0.1) is 22.9 Å². The van der Waals surface area contributed by atoms with Gasteiger partial charge in [-0.15, -0.1) is 5.11 Å². The van der Waals surface area contributed by atoms with E-state index in [2.05, 4.69) is 10.2 Å². The standard InChI is InChI=1S/C17H20N4O3S/c1-12-10-16(15(18)11-17(12)22)20-19-13-2-4-14(5-3-13)21-6-8-25(23,24)9-7-21/h2-5,10-11,22H,6-9,18H2,1H3. The molecule has 25 heavy (non-hydrogen) atoms. The molecule has 2 aromatic carbocycles. The van der Waals surface area contributed by atoms with Gasteiger partial charge in [-0.05, 0) is 42.8 Å². The van der Waals surface area contributed by atoms with Crippen molar-refractivity contribution in [2.24, 2.45) is 10.2 Å². The smallest absolute Gasteiger partial charge is 0.153 e. The number of rotatable bonds is 3. The van der Waals surface area contributed by atoms with Crippen molar-refractivity contribution in [2.45, 2.75) is 6.92 Å². The minimum absolute atomic E-state index is 0.129. The van der Waals surface area contributed by atoms with Gasteiger partial charge in [0.15, 0.2) is 9.84 Å². The second-order valence-corrected chi connectivity index (χ2v) is 8.36. The van der Waals surface area contributed by atoms with Gasteiger partial charge in [0.2, 0.25) is 0 Å². The Balaban J connectivity index is 1.72. The van der Waals surface area contributed by atoms with Gasteiger partial charge in [0.1, 0.15) is 11.4 Å². The fraction of sp³-hybridized carbons (Fsp3) is 0.294. The molecule has 0 radical (unpaired) electrons. The predicted molar refractivity (Wildman–Crippen MR) is 98.7 cm³/mol. The second-order valence-electron chi connectivity index (χ2n) is 6.05. The van der Waals surface area contributed by atoms with Crippen molar-refractivity contribution >= 4 is 32.6 Å². The first-order valence-corrected chi connectivity index (χ1v) is 9.72. The van der Waals surface area contributed by atoms with E-state index < -0.39 is 9.84 Å². The number of nitrogen functional groups attached to an aromatic ring is 1. The van der Waals surface area contributed by atoms with E-state index in [-0.39, 0.29) is 17.3 Å². The Morgan fingerprint density at radius 1 is 1.08 bits per heavy atom. The molecule has 3 rings (SSSR count). The highest BCUT2D eigenvalue weighted by Gasteiger charge is 2.21. The Bertz CT molecular complexity index is 894. The van der Waals surface area contributed by atoms with Crippen LogP contribution in [0.3, 0.4) is 0 Å². The fourth-order valence-corrected chi connectivity index (χ4v) is 3.80. The summed E-state index contributed by atoms with van der Waals surface area (Å²) < 4.78 is 23.0. The molecule has 1 saturated heterocycles. The van der Waals surface area contributed by atoms with Crippen molar-refractivity contribution in [2.75, 3.05) is 35.2 Å². The lowest BCUT2D eigenvalue weighted by atomic mass is 10.2. The first kappa shape index (κ1) is 17.2. The Labute approximate surface area is 146 Å². The normalized spacial score (nSPS) is 17.1. The second kappa shape index (κ2) is 6.72. The maximum atomic E-state index is 11.5. The molecule has 1 fully saturated rings. The third kappa shape index (κ3) is 4.08. The lowest BCUT2D eigenvalue weighted by molar-refractivity contribution is 0.471. The van der Waals surface area contributed by atoms with Crippen molar-refractivity contribution in [1.29, 1.82) is 0 Å². The number of sulfone groups is 1. The molecular weight excluding hydrogens is 340 g/mol. The number of aryl methyl sites for hydroxylation is 1. The molecule has 0 saturated carbocycles. The van der Waals surface area contributed by atoms with Crippen molar-refractivity contribution < 1.29 is 13.5 Å². The number of aromatic hydroxyl groups is 1. The molecule has 1 aliphatic rings. The summed E-state index contributed by atoms with van der Waals surface area (Å²) in [4.78, 5) is 2.04. The number of anilines is 2. The summed E-state index contributed by atoms with van der Waals surface area (Å²) >= 11 is 0. The van der Waals surface area contributed by atoms with Gasteiger partial charge in [-0.3, -0.25) is 0 Å². The zero-order valence-corrected chi connectivity index (χ0v) is 14.7. The van der Waals surface area contributed by atoms with Gasteiger partial charge < -0.3 is 15.7 Å². The molecule has 0 amide bonds. The molecule has 1 heterocycles. The van der Waals surface area contributed by atoms with E-state index in [4.69, 9.17) is 5.73 Å². The largest absolute Gasteiger partial charge is 0.508 e. The molecule has 0 aromatic heterocycles. The third-order valence-corrected chi connectivity index (χ3v) is 5.79. The molecule has 0 unspecified atom stereocenters. The van der Waals surface area contributed by atoms with Crippen LogP contribution in [0.5, 0.6) is 5.75 Å². The average Bonchev–Trinajstić information content (AvgIpc) is 2.57. The van der Waals surface area contributed by atoms with Crippen LogP contribution in [0.25, 0.3) is 0 Å². The molecule has 8 heteroatoms. The van der Waals surface area contributed by atoms with Crippen LogP contribution in [0.1, 0.15) is 5.56 Å². The van der Waals surface area contributed by atoms with E-state index in [0.29, 0.717) is 35.7 Å². The predicted octanol–water partition coefficient (Wildman–Crippen LogP) is 2.93. The Hall–Kier alpha value is -2.61. The highest BCUT2D eigenvalue weighted by atomic mass is 32.2. The fourth-order valence-electron chi connectivity index (χ4n) is 2.60. The maximum absolute atomic E-state index is 11.5. The summed E-state index contributed by atoms with van der Waals surface area (Å²) in [6.45, 7) is 2.78. The Kier molecular flexibility index (Phi) is 4.63. The highest BCUT2D eigenvalue weighted by Crippen LogP contribution is 2.31. The number of phenols is 1. The topological polar surface area (TPSA) is 108 Å². The van der Waals surface area contributed by atoms with Crippen LogP contribution in [0.15, 0.2) is 46.6 Å². The monoisotopic (exact) mass is 360 g/mol. The van der Waals surface area contributed by atoms with Gasteiger partial charge >= 0.3 is 0 Å². The summed E-state index contributed by atoms with van der Waals surface area (Å²) in [5.41, 5.74) is 9.00. The van der Waals surface area contributed by atoms with Gasteiger partial charge in [0.25, 0.3) is 0 Å². The first-order valence-electron chi connectivity index (χ1n) is 7.90. The number of phenolic OH excluding ortho intramolecular Hbond substituents is 1. The SMILES string of the molecule is Cc1cc(N=Nc2ccc(N3CCS(=O)(=O)CC3)cc2)c(N)cc1O.